The number of hydrogen-bond donors (Lipinski definition) is 1. The third-order valence-electron chi connectivity index (χ3n) is 2.61. The minimum atomic E-state index is 0.128. The van der Waals surface area contributed by atoms with E-state index in [2.05, 4.69) is 27.6 Å². The normalized spacial score (nSPS) is 18.6. The molecule has 3 rings (SSSR count). The summed E-state index contributed by atoms with van der Waals surface area (Å²) in [6.45, 7) is 1.83. The van der Waals surface area contributed by atoms with Crippen LogP contribution in [0.1, 0.15) is 23.3 Å². The van der Waals surface area contributed by atoms with Crippen molar-refractivity contribution in [1.82, 2.24) is 10.1 Å². The SMILES string of the molecule is Cc1noc([C@@H]2Cc3ccccc3N2)n1. The zero-order valence-electron chi connectivity index (χ0n) is 8.40. The Kier molecular flexibility index (Phi) is 1.74. The molecule has 4 nitrogen and oxygen atoms in total. The summed E-state index contributed by atoms with van der Waals surface area (Å²) in [5.41, 5.74) is 2.47. The molecule has 0 saturated heterocycles. The number of aryl methyl sites for hydroxylation is 1. The van der Waals surface area contributed by atoms with Gasteiger partial charge in [-0.15, -0.1) is 0 Å². The molecule has 0 fully saturated rings. The van der Waals surface area contributed by atoms with E-state index in [1.807, 2.05) is 19.1 Å². The molecule has 0 bridgehead atoms. The second-order valence-electron chi connectivity index (χ2n) is 3.74. The first-order valence-electron chi connectivity index (χ1n) is 4.97. The van der Waals surface area contributed by atoms with Crippen LogP contribution in [-0.2, 0) is 6.42 Å². The van der Waals surface area contributed by atoms with Crippen LogP contribution in [-0.4, -0.2) is 10.1 Å². The molecule has 15 heavy (non-hydrogen) atoms. The third kappa shape index (κ3) is 1.38. The van der Waals surface area contributed by atoms with Gasteiger partial charge in [0.05, 0.1) is 0 Å². The largest absolute Gasteiger partial charge is 0.373 e. The molecule has 76 valence electrons. The fourth-order valence-electron chi connectivity index (χ4n) is 1.90. The molecule has 0 unspecified atom stereocenters. The van der Waals surface area contributed by atoms with E-state index in [1.165, 1.54) is 11.3 Å². The Hall–Kier alpha value is -1.84. The Balaban J connectivity index is 1.90. The van der Waals surface area contributed by atoms with E-state index >= 15 is 0 Å². The minimum Gasteiger partial charge on any atom is -0.373 e. The molecule has 0 saturated carbocycles. The summed E-state index contributed by atoms with van der Waals surface area (Å²) in [4.78, 5) is 4.24. The summed E-state index contributed by atoms with van der Waals surface area (Å²) in [7, 11) is 0. The molecule has 0 radical (unpaired) electrons. The highest BCUT2D eigenvalue weighted by atomic mass is 16.5. The van der Waals surface area contributed by atoms with Gasteiger partial charge in [0.25, 0.3) is 0 Å². The van der Waals surface area contributed by atoms with Crippen LogP contribution < -0.4 is 5.32 Å². The second-order valence-corrected chi connectivity index (χ2v) is 3.74. The summed E-state index contributed by atoms with van der Waals surface area (Å²) in [5.74, 6) is 1.35. The van der Waals surface area contributed by atoms with Crippen LogP contribution >= 0.6 is 0 Å². The highest BCUT2D eigenvalue weighted by Gasteiger charge is 2.25. The molecule has 1 aliphatic heterocycles. The van der Waals surface area contributed by atoms with Crippen molar-refractivity contribution < 1.29 is 4.52 Å². The van der Waals surface area contributed by atoms with E-state index in [0.29, 0.717) is 11.7 Å². The fourth-order valence-corrected chi connectivity index (χ4v) is 1.90. The molecular formula is C11H11N3O. The van der Waals surface area contributed by atoms with Crippen LogP contribution in [0.5, 0.6) is 0 Å². The molecule has 4 heteroatoms. The monoisotopic (exact) mass is 201 g/mol. The topological polar surface area (TPSA) is 51.0 Å². The lowest BCUT2D eigenvalue weighted by Crippen LogP contribution is -2.05. The van der Waals surface area contributed by atoms with Crippen molar-refractivity contribution in [2.75, 3.05) is 5.32 Å². The first-order chi connectivity index (χ1) is 7.33. The van der Waals surface area contributed by atoms with Crippen molar-refractivity contribution >= 4 is 5.69 Å². The molecule has 2 heterocycles. The van der Waals surface area contributed by atoms with E-state index < -0.39 is 0 Å². The van der Waals surface area contributed by atoms with Gasteiger partial charge in [-0.1, -0.05) is 23.4 Å². The number of nitrogens with zero attached hydrogens (tertiary/aromatic N) is 2. The van der Waals surface area contributed by atoms with Gasteiger partial charge in [-0.05, 0) is 18.6 Å². The average Bonchev–Trinajstić information content (AvgIpc) is 2.82. The number of anilines is 1. The summed E-state index contributed by atoms with van der Waals surface area (Å²) in [6, 6.07) is 8.38. The van der Waals surface area contributed by atoms with E-state index in [4.69, 9.17) is 4.52 Å². The molecule has 1 atom stereocenters. The van der Waals surface area contributed by atoms with Gasteiger partial charge in [0, 0.05) is 12.1 Å². The molecule has 0 aliphatic carbocycles. The maximum atomic E-state index is 5.16. The zero-order valence-corrected chi connectivity index (χ0v) is 8.40. The quantitative estimate of drug-likeness (QED) is 0.767. The highest BCUT2D eigenvalue weighted by molar-refractivity contribution is 5.56. The van der Waals surface area contributed by atoms with E-state index in [1.54, 1.807) is 0 Å². The fraction of sp³-hybridized carbons (Fsp3) is 0.273. The van der Waals surface area contributed by atoms with Gasteiger partial charge in [0.1, 0.15) is 6.04 Å². The maximum Gasteiger partial charge on any atom is 0.249 e. The minimum absolute atomic E-state index is 0.128. The Morgan fingerprint density at radius 3 is 3.00 bits per heavy atom. The van der Waals surface area contributed by atoms with Crippen molar-refractivity contribution in [3.8, 4) is 0 Å². The third-order valence-corrected chi connectivity index (χ3v) is 2.61. The summed E-state index contributed by atoms with van der Waals surface area (Å²) >= 11 is 0. The number of benzene rings is 1. The van der Waals surface area contributed by atoms with Crippen molar-refractivity contribution in [3.05, 3.63) is 41.5 Å². The zero-order chi connectivity index (χ0) is 10.3. The van der Waals surface area contributed by atoms with Gasteiger partial charge in [0.15, 0.2) is 5.82 Å². The molecule has 2 aromatic rings. The smallest absolute Gasteiger partial charge is 0.249 e. The summed E-state index contributed by atoms with van der Waals surface area (Å²) in [6.07, 6.45) is 0.914. The lowest BCUT2D eigenvalue weighted by molar-refractivity contribution is 0.361. The van der Waals surface area contributed by atoms with Gasteiger partial charge >= 0.3 is 0 Å². The standard InChI is InChI=1S/C11H11N3O/c1-7-12-11(15-14-7)10-6-8-4-2-3-5-9(8)13-10/h2-5,10,13H,6H2,1H3/t10-/m0/s1. The number of rotatable bonds is 1. The first kappa shape index (κ1) is 8.47. The Morgan fingerprint density at radius 2 is 2.27 bits per heavy atom. The van der Waals surface area contributed by atoms with Crippen LogP contribution in [0.25, 0.3) is 0 Å². The Morgan fingerprint density at radius 1 is 1.40 bits per heavy atom. The number of aromatic nitrogens is 2. The molecule has 1 N–H and O–H groups in total. The molecule has 1 aromatic heterocycles. The molecule has 0 amide bonds. The predicted molar refractivity (Wildman–Crippen MR) is 55.5 cm³/mol. The molecular weight excluding hydrogens is 190 g/mol. The van der Waals surface area contributed by atoms with E-state index in [9.17, 15) is 0 Å². The lowest BCUT2D eigenvalue weighted by Gasteiger charge is -2.04. The van der Waals surface area contributed by atoms with Crippen LogP contribution in [0, 0.1) is 6.92 Å². The highest BCUT2D eigenvalue weighted by Crippen LogP contribution is 2.32. The van der Waals surface area contributed by atoms with E-state index in [0.717, 1.165) is 6.42 Å². The number of nitrogens with one attached hydrogen (secondary N) is 1. The van der Waals surface area contributed by atoms with Gasteiger partial charge in [-0.25, -0.2) is 0 Å². The van der Waals surface area contributed by atoms with E-state index in [-0.39, 0.29) is 6.04 Å². The van der Waals surface area contributed by atoms with Gasteiger partial charge in [0.2, 0.25) is 5.89 Å². The predicted octanol–water partition coefficient (Wildman–Crippen LogP) is 2.09. The van der Waals surface area contributed by atoms with Crippen molar-refractivity contribution in [2.24, 2.45) is 0 Å². The van der Waals surface area contributed by atoms with Gasteiger partial charge in [-0.2, -0.15) is 4.98 Å². The number of fused-ring (bicyclic) bond motifs is 1. The second kappa shape index (κ2) is 3.08. The van der Waals surface area contributed by atoms with Gasteiger partial charge in [-0.3, -0.25) is 0 Å². The first-order valence-corrected chi connectivity index (χ1v) is 4.97. The van der Waals surface area contributed by atoms with Crippen LogP contribution in [0.15, 0.2) is 28.8 Å². The molecule has 1 aromatic carbocycles. The number of para-hydroxylation sites is 1. The van der Waals surface area contributed by atoms with Crippen LogP contribution in [0.3, 0.4) is 0 Å². The lowest BCUT2D eigenvalue weighted by atomic mass is 10.1. The van der Waals surface area contributed by atoms with Crippen molar-refractivity contribution in [2.45, 2.75) is 19.4 Å². The molecule has 1 aliphatic rings. The van der Waals surface area contributed by atoms with Crippen LogP contribution in [0.4, 0.5) is 5.69 Å². The summed E-state index contributed by atoms with van der Waals surface area (Å²) < 4.78 is 5.16. The van der Waals surface area contributed by atoms with Gasteiger partial charge < -0.3 is 9.84 Å². The average molecular weight is 201 g/mol. The Labute approximate surface area is 87.3 Å². The van der Waals surface area contributed by atoms with Crippen molar-refractivity contribution in [3.63, 3.8) is 0 Å². The Bertz CT molecular complexity index is 467. The maximum absolute atomic E-state index is 5.16. The number of hydrogen-bond acceptors (Lipinski definition) is 4. The van der Waals surface area contributed by atoms with Crippen LogP contribution in [0.2, 0.25) is 0 Å². The summed E-state index contributed by atoms with van der Waals surface area (Å²) in [5, 5.41) is 7.17. The molecule has 0 spiro atoms. The van der Waals surface area contributed by atoms with Crippen molar-refractivity contribution in [1.29, 1.82) is 0 Å².